The number of aliphatic imine (C=N–C) groups is 1. The second-order valence-electron chi connectivity index (χ2n) is 3.19. The average Bonchev–Trinajstić information content (AvgIpc) is 2.56. The molecule has 1 rings (SSSR count). The van der Waals surface area contributed by atoms with Crippen LogP contribution in [0.15, 0.2) is 4.99 Å². The SMILES string of the molecule is ICC[C@@H](CI)N=C1CCCC1. The molecular formula is C9H15I2N. The summed E-state index contributed by atoms with van der Waals surface area (Å²) in [5.74, 6) is 0. The molecule has 0 heterocycles. The van der Waals surface area contributed by atoms with Gasteiger partial charge in [0.2, 0.25) is 0 Å². The third-order valence-electron chi connectivity index (χ3n) is 2.17. The zero-order valence-electron chi connectivity index (χ0n) is 7.23. The molecule has 1 aliphatic rings. The summed E-state index contributed by atoms with van der Waals surface area (Å²) < 4.78 is 2.42. The smallest absolute Gasteiger partial charge is 0.0595 e. The molecule has 0 aromatic rings. The minimum absolute atomic E-state index is 0.607. The van der Waals surface area contributed by atoms with Gasteiger partial charge in [0.15, 0.2) is 0 Å². The fourth-order valence-electron chi connectivity index (χ4n) is 1.47. The van der Waals surface area contributed by atoms with Crippen molar-refractivity contribution < 1.29 is 0 Å². The zero-order valence-corrected chi connectivity index (χ0v) is 11.5. The highest BCUT2D eigenvalue weighted by Crippen LogP contribution is 2.17. The van der Waals surface area contributed by atoms with Gasteiger partial charge >= 0.3 is 0 Å². The molecule has 0 N–H and O–H groups in total. The van der Waals surface area contributed by atoms with Gasteiger partial charge in [0.05, 0.1) is 6.04 Å². The molecule has 0 amide bonds. The molecule has 12 heavy (non-hydrogen) atoms. The molecule has 0 bridgehead atoms. The van der Waals surface area contributed by atoms with Gasteiger partial charge in [0, 0.05) is 14.6 Å². The molecule has 1 aliphatic carbocycles. The molecule has 1 nitrogen and oxygen atoms in total. The monoisotopic (exact) mass is 391 g/mol. The van der Waals surface area contributed by atoms with E-state index in [1.807, 2.05) is 0 Å². The van der Waals surface area contributed by atoms with E-state index in [0.29, 0.717) is 6.04 Å². The summed E-state index contributed by atoms with van der Waals surface area (Å²) in [7, 11) is 0. The van der Waals surface area contributed by atoms with Crippen LogP contribution in [-0.2, 0) is 0 Å². The van der Waals surface area contributed by atoms with Crippen LogP contribution in [0.2, 0.25) is 0 Å². The highest BCUT2D eigenvalue weighted by molar-refractivity contribution is 14.1. The first kappa shape index (κ1) is 11.2. The highest BCUT2D eigenvalue weighted by Gasteiger charge is 2.10. The molecule has 0 saturated heterocycles. The van der Waals surface area contributed by atoms with Crippen LogP contribution in [0.3, 0.4) is 0 Å². The molecule has 1 fully saturated rings. The van der Waals surface area contributed by atoms with Gasteiger partial charge in [-0.15, -0.1) is 0 Å². The lowest BCUT2D eigenvalue weighted by Gasteiger charge is -2.07. The van der Waals surface area contributed by atoms with Crippen molar-refractivity contribution in [3.05, 3.63) is 0 Å². The first-order valence-electron chi connectivity index (χ1n) is 4.54. The van der Waals surface area contributed by atoms with E-state index in [0.717, 1.165) is 0 Å². The zero-order chi connectivity index (χ0) is 8.81. The first-order chi connectivity index (χ1) is 5.86. The molecule has 0 unspecified atom stereocenters. The lowest BCUT2D eigenvalue weighted by atomic mass is 10.2. The number of rotatable bonds is 4. The predicted octanol–water partition coefficient (Wildman–Crippen LogP) is 3.63. The minimum atomic E-state index is 0.607. The van der Waals surface area contributed by atoms with Crippen LogP contribution in [0, 0.1) is 0 Å². The van der Waals surface area contributed by atoms with Crippen LogP contribution in [-0.4, -0.2) is 20.6 Å². The number of alkyl halides is 2. The topological polar surface area (TPSA) is 12.4 Å². The second-order valence-corrected chi connectivity index (χ2v) is 5.15. The van der Waals surface area contributed by atoms with Gasteiger partial charge in [0.1, 0.15) is 0 Å². The maximum atomic E-state index is 4.79. The van der Waals surface area contributed by atoms with Crippen molar-refractivity contribution in [2.75, 3.05) is 8.86 Å². The maximum Gasteiger partial charge on any atom is 0.0595 e. The van der Waals surface area contributed by atoms with Crippen molar-refractivity contribution in [3.8, 4) is 0 Å². The standard InChI is InChI=1S/C9H15I2N/c10-6-5-9(7-11)12-8-3-1-2-4-8/h9H,1-7H2/t9-/m0/s1. The Labute approximate surface area is 102 Å². The van der Waals surface area contributed by atoms with Gasteiger partial charge < -0.3 is 0 Å². The second kappa shape index (κ2) is 6.56. The van der Waals surface area contributed by atoms with Gasteiger partial charge in [-0.05, 0) is 32.1 Å². The van der Waals surface area contributed by atoms with Crippen molar-refractivity contribution in [1.29, 1.82) is 0 Å². The van der Waals surface area contributed by atoms with Crippen LogP contribution in [0.5, 0.6) is 0 Å². The molecule has 1 atom stereocenters. The van der Waals surface area contributed by atoms with E-state index in [1.54, 1.807) is 0 Å². The van der Waals surface area contributed by atoms with Gasteiger partial charge in [-0.2, -0.15) is 0 Å². The van der Waals surface area contributed by atoms with Crippen molar-refractivity contribution >= 4 is 50.9 Å². The molecule has 70 valence electrons. The third-order valence-corrected chi connectivity index (χ3v) is 3.81. The van der Waals surface area contributed by atoms with E-state index >= 15 is 0 Å². The summed E-state index contributed by atoms with van der Waals surface area (Å²) in [6.45, 7) is 0. The molecule has 0 spiro atoms. The predicted molar refractivity (Wildman–Crippen MR) is 72.1 cm³/mol. The number of hydrogen-bond donors (Lipinski definition) is 0. The van der Waals surface area contributed by atoms with Gasteiger partial charge in [-0.1, -0.05) is 45.2 Å². The van der Waals surface area contributed by atoms with Crippen molar-refractivity contribution in [3.63, 3.8) is 0 Å². The molecule has 0 aliphatic heterocycles. The maximum absolute atomic E-state index is 4.79. The fraction of sp³-hybridized carbons (Fsp3) is 0.889. The Morgan fingerprint density at radius 1 is 1.25 bits per heavy atom. The number of halogens is 2. The van der Waals surface area contributed by atoms with Gasteiger partial charge in [-0.3, -0.25) is 4.99 Å². The van der Waals surface area contributed by atoms with Gasteiger partial charge in [-0.25, -0.2) is 0 Å². The van der Waals surface area contributed by atoms with E-state index in [2.05, 4.69) is 45.2 Å². The van der Waals surface area contributed by atoms with Crippen LogP contribution in [0.1, 0.15) is 32.1 Å². The summed E-state index contributed by atoms with van der Waals surface area (Å²) in [5, 5.41) is 0. The summed E-state index contributed by atoms with van der Waals surface area (Å²) in [6, 6.07) is 0.607. The van der Waals surface area contributed by atoms with Gasteiger partial charge in [0.25, 0.3) is 0 Å². The summed E-state index contributed by atoms with van der Waals surface area (Å²) >= 11 is 4.89. The lowest BCUT2D eigenvalue weighted by molar-refractivity contribution is 0.746. The van der Waals surface area contributed by atoms with Crippen LogP contribution in [0.25, 0.3) is 0 Å². The van der Waals surface area contributed by atoms with Crippen molar-refractivity contribution in [1.82, 2.24) is 0 Å². The largest absolute Gasteiger partial charge is 0.290 e. The summed E-state index contributed by atoms with van der Waals surface area (Å²) in [5.41, 5.74) is 1.49. The first-order valence-corrected chi connectivity index (χ1v) is 7.59. The molecule has 3 heteroatoms. The Morgan fingerprint density at radius 3 is 2.42 bits per heavy atom. The van der Waals surface area contributed by atoms with Crippen molar-refractivity contribution in [2.45, 2.75) is 38.1 Å². The van der Waals surface area contributed by atoms with E-state index in [9.17, 15) is 0 Å². The van der Waals surface area contributed by atoms with E-state index < -0.39 is 0 Å². The summed E-state index contributed by atoms with van der Waals surface area (Å²) in [6.07, 6.45) is 6.55. The fourth-order valence-corrected chi connectivity index (χ4v) is 2.83. The quantitative estimate of drug-likeness (QED) is 0.513. The summed E-state index contributed by atoms with van der Waals surface area (Å²) in [4.78, 5) is 4.79. The van der Waals surface area contributed by atoms with E-state index in [4.69, 9.17) is 4.99 Å². The van der Waals surface area contributed by atoms with E-state index in [1.165, 1.54) is 46.7 Å². The molecule has 0 radical (unpaired) electrons. The minimum Gasteiger partial charge on any atom is -0.290 e. The normalized spacial score (nSPS) is 19.7. The Morgan fingerprint density at radius 2 is 1.92 bits per heavy atom. The molecule has 0 aromatic carbocycles. The molecule has 1 saturated carbocycles. The van der Waals surface area contributed by atoms with Crippen LogP contribution in [0.4, 0.5) is 0 Å². The van der Waals surface area contributed by atoms with Crippen LogP contribution >= 0.6 is 45.2 Å². The Balaban J connectivity index is 2.37. The Bertz CT molecular complexity index is 149. The molecular weight excluding hydrogens is 376 g/mol. The van der Waals surface area contributed by atoms with Crippen LogP contribution < -0.4 is 0 Å². The average molecular weight is 391 g/mol. The molecule has 0 aromatic heterocycles. The van der Waals surface area contributed by atoms with Crippen molar-refractivity contribution in [2.24, 2.45) is 4.99 Å². The Kier molecular flexibility index (Phi) is 6.13. The lowest BCUT2D eigenvalue weighted by Crippen LogP contribution is -2.09. The number of hydrogen-bond acceptors (Lipinski definition) is 1. The highest BCUT2D eigenvalue weighted by atomic mass is 127. The third kappa shape index (κ3) is 3.89. The van der Waals surface area contributed by atoms with E-state index in [-0.39, 0.29) is 0 Å². The Hall–Kier alpha value is 1.13. The number of nitrogens with zero attached hydrogens (tertiary/aromatic N) is 1.